The number of piperidine rings is 1. The molecule has 1 aromatic carbocycles. The predicted molar refractivity (Wildman–Crippen MR) is 84.4 cm³/mol. The number of quaternary nitrogens is 1. The van der Waals surface area contributed by atoms with Crippen molar-refractivity contribution in [2.45, 2.75) is 25.6 Å². The average molecular weight is 371 g/mol. The first-order valence-corrected chi connectivity index (χ1v) is 8.17. The number of likely N-dealkylation sites (tertiary alicyclic amines) is 1. The fourth-order valence-corrected chi connectivity index (χ4v) is 3.21. The van der Waals surface area contributed by atoms with Crippen LogP contribution in [0.15, 0.2) is 33.2 Å². The molecule has 1 aliphatic heterocycles. The predicted octanol–water partition coefficient (Wildman–Crippen LogP) is 1.63. The van der Waals surface area contributed by atoms with Crippen LogP contribution in [0.3, 0.4) is 0 Å². The van der Waals surface area contributed by atoms with Crippen LogP contribution in [0.1, 0.15) is 12.8 Å². The monoisotopic (exact) mass is 370 g/mol. The zero-order valence-corrected chi connectivity index (χ0v) is 13.9. The molecule has 0 aliphatic carbocycles. The number of nitrogens with one attached hydrogen (secondary N) is 1. The highest BCUT2D eigenvalue weighted by Crippen LogP contribution is 2.21. The van der Waals surface area contributed by atoms with Gasteiger partial charge < -0.3 is 14.4 Å². The summed E-state index contributed by atoms with van der Waals surface area (Å²) in [4.78, 5) is 1.65. The van der Waals surface area contributed by atoms with E-state index in [0.29, 0.717) is 17.4 Å². The van der Waals surface area contributed by atoms with Gasteiger partial charge >= 0.3 is 0 Å². The Morgan fingerprint density at radius 3 is 3.14 bits per heavy atom. The Kier molecular flexibility index (Phi) is 4.54. The summed E-state index contributed by atoms with van der Waals surface area (Å²) in [5, 5.41) is 14.2. The number of aliphatic hydroxyl groups excluding tert-OH is 1. The lowest BCUT2D eigenvalue weighted by Gasteiger charge is -2.26. The van der Waals surface area contributed by atoms with E-state index in [2.05, 4.69) is 21.0 Å². The number of halogens is 1. The molecule has 2 N–H and O–H groups in total. The second kappa shape index (κ2) is 6.39. The third kappa shape index (κ3) is 3.60. The van der Waals surface area contributed by atoms with E-state index < -0.39 is 0 Å². The van der Waals surface area contributed by atoms with Crippen LogP contribution < -0.4 is 4.90 Å². The smallest absolute Gasteiger partial charge is 0.292 e. The molecule has 1 aromatic heterocycles. The van der Waals surface area contributed by atoms with Crippen LogP contribution in [-0.2, 0) is 6.67 Å². The molecule has 1 fully saturated rings. The quantitative estimate of drug-likeness (QED) is 0.806. The van der Waals surface area contributed by atoms with E-state index in [9.17, 15) is 5.11 Å². The first-order valence-electron chi connectivity index (χ1n) is 6.97. The molecular weight excluding hydrogens is 354 g/mol. The van der Waals surface area contributed by atoms with E-state index in [1.807, 2.05) is 24.3 Å². The maximum absolute atomic E-state index is 9.74. The molecule has 1 unspecified atom stereocenters. The van der Waals surface area contributed by atoms with Gasteiger partial charge in [-0.3, -0.25) is 0 Å². The number of aliphatic hydroxyl groups is 1. The molecule has 0 saturated carbocycles. The summed E-state index contributed by atoms with van der Waals surface area (Å²) in [5.41, 5.74) is 0.892. The molecule has 2 aromatic rings. The van der Waals surface area contributed by atoms with Crippen molar-refractivity contribution in [3.63, 3.8) is 0 Å². The SMILES string of the molecule is O[C@H]1CCC[NH+](Cn2nc(-c3cccc(Br)c3)oc2=S)C1. The van der Waals surface area contributed by atoms with Gasteiger partial charge in [0.1, 0.15) is 12.6 Å². The van der Waals surface area contributed by atoms with Gasteiger partial charge in [0.25, 0.3) is 4.84 Å². The summed E-state index contributed by atoms with van der Waals surface area (Å²) in [5.74, 6) is 0.526. The number of hydrogen-bond acceptors (Lipinski definition) is 4. The second-order valence-corrected chi connectivity index (χ2v) is 6.61. The minimum atomic E-state index is -0.223. The molecule has 2 heterocycles. The van der Waals surface area contributed by atoms with E-state index in [-0.39, 0.29) is 6.10 Å². The molecule has 5 nitrogen and oxygen atoms in total. The topological polar surface area (TPSA) is 55.6 Å². The zero-order chi connectivity index (χ0) is 14.8. The van der Waals surface area contributed by atoms with E-state index in [1.54, 1.807) is 4.68 Å². The minimum Gasteiger partial charge on any atom is -0.409 e. The Morgan fingerprint density at radius 1 is 1.52 bits per heavy atom. The van der Waals surface area contributed by atoms with Gasteiger partial charge in [0.2, 0.25) is 5.89 Å². The van der Waals surface area contributed by atoms with Crippen molar-refractivity contribution in [2.24, 2.45) is 0 Å². The van der Waals surface area contributed by atoms with Gasteiger partial charge in [0, 0.05) is 10.0 Å². The molecule has 0 radical (unpaired) electrons. The van der Waals surface area contributed by atoms with Crippen LogP contribution in [0.25, 0.3) is 11.5 Å². The lowest BCUT2D eigenvalue weighted by Crippen LogP contribution is -3.13. The molecule has 2 atom stereocenters. The number of rotatable bonds is 3. The van der Waals surface area contributed by atoms with Crippen LogP contribution in [0.4, 0.5) is 0 Å². The average Bonchev–Trinajstić information content (AvgIpc) is 2.80. The Balaban J connectivity index is 1.80. The summed E-state index contributed by atoms with van der Waals surface area (Å²) < 4.78 is 8.27. The Hall–Kier alpha value is -1.02. The van der Waals surface area contributed by atoms with Crippen molar-refractivity contribution in [3.8, 4) is 11.5 Å². The van der Waals surface area contributed by atoms with E-state index >= 15 is 0 Å². The molecular formula is C14H17BrN3O2S+. The van der Waals surface area contributed by atoms with Crippen molar-refractivity contribution in [1.29, 1.82) is 0 Å². The normalized spacial score (nSPS) is 22.4. The maximum atomic E-state index is 9.74. The van der Waals surface area contributed by atoms with Crippen LogP contribution in [-0.4, -0.2) is 34.1 Å². The van der Waals surface area contributed by atoms with Crippen molar-refractivity contribution < 1.29 is 14.4 Å². The Bertz CT molecular complexity index is 685. The molecule has 0 amide bonds. The first kappa shape index (κ1) is 14.9. The highest BCUT2D eigenvalue weighted by molar-refractivity contribution is 9.10. The van der Waals surface area contributed by atoms with E-state index in [4.69, 9.17) is 16.6 Å². The van der Waals surface area contributed by atoms with Crippen LogP contribution in [0.5, 0.6) is 0 Å². The van der Waals surface area contributed by atoms with Gasteiger partial charge in [-0.25, -0.2) is 0 Å². The fourth-order valence-electron chi connectivity index (χ4n) is 2.62. The lowest BCUT2D eigenvalue weighted by molar-refractivity contribution is -0.931. The van der Waals surface area contributed by atoms with Gasteiger partial charge in [0.05, 0.1) is 6.54 Å². The van der Waals surface area contributed by atoms with E-state index in [0.717, 1.165) is 36.0 Å². The van der Waals surface area contributed by atoms with Crippen molar-refractivity contribution in [3.05, 3.63) is 33.6 Å². The van der Waals surface area contributed by atoms with Crippen LogP contribution in [0, 0.1) is 4.84 Å². The molecule has 7 heteroatoms. The number of aromatic nitrogens is 2. The number of benzene rings is 1. The number of hydrogen-bond donors (Lipinski definition) is 2. The second-order valence-electron chi connectivity index (χ2n) is 5.34. The van der Waals surface area contributed by atoms with Crippen molar-refractivity contribution in [2.75, 3.05) is 13.1 Å². The Morgan fingerprint density at radius 2 is 2.38 bits per heavy atom. The highest BCUT2D eigenvalue weighted by atomic mass is 79.9. The van der Waals surface area contributed by atoms with Gasteiger partial charge in [-0.1, -0.05) is 22.0 Å². The summed E-state index contributed by atoms with van der Waals surface area (Å²) in [6, 6.07) is 7.77. The van der Waals surface area contributed by atoms with Crippen molar-refractivity contribution >= 4 is 28.1 Å². The van der Waals surface area contributed by atoms with Crippen LogP contribution in [0.2, 0.25) is 0 Å². The molecule has 0 bridgehead atoms. The lowest BCUT2D eigenvalue weighted by atomic mass is 10.1. The fraction of sp³-hybridized carbons (Fsp3) is 0.429. The summed E-state index contributed by atoms with van der Waals surface area (Å²) in [6.07, 6.45) is 1.69. The molecule has 1 aliphatic rings. The van der Waals surface area contributed by atoms with Gasteiger partial charge in [-0.15, -0.1) is 5.10 Å². The largest absolute Gasteiger partial charge is 0.409 e. The van der Waals surface area contributed by atoms with Gasteiger partial charge in [-0.05, 0) is 43.3 Å². The highest BCUT2D eigenvalue weighted by Gasteiger charge is 2.22. The standard InChI is InChI=1S/C14H16BrN3O2S/c15-11-4-1-3-10(7-11)13-16-18(14(21)20-13)9-17-6-2-5-12(19)8-17/h1,3-4,7,12,19H,2,5-6,8-9H2/p+1/t12-/m0/s1. The van der Waals surface area contributed by atoms with Crippen molar-refractivity contribution in [1.82, 2.24) is 9.78 Å². The summed E-state index contributed by atoms with van der Waals surface area (Å²) in [7, 11) is 0. The molecule has 21 heavy (non-hydrogen) atoms. The number of nitrogens with zero attached hydrogens (tertiary/aromatic N) is 2. The summed E-state index contributed by atoms with van der Waals surface area (Å²) in [6.45, 7) is 2.40. The molecule has 3 rings (SSSR count). The Labute approximate surface area is 136 Å². The van der Waals surface area contributed by atoms with Gasteiger partial charge in [-0.2, -0.15) is 4.68 Å². The molecule has 0 spiro atoms. The molecule has 1 saturated heterocycles. The van der Waals surface area contributed by atoms with Gasteiger partial charge in [0.15, 0.2) is 6.67 Å². The summed E-state index contributed by atoms with van der Waals surface area (Å²) >= 11 is 8.69. The maximum Gasteiger partial charge on any atom is 0.292 e. The zero-order valence-electron chi connectivity index (χ0n) is 11.5. The van der Waals surface area contributed by atoms with Crippen LogP contribution >= 0.6 is 28.1 Å². The third-order valence-corrected chi connectivity index (χ3v) is 4.43. The minimum absolute atomic E-state index is 0.223. The third-order valence-electron chi connectivity index (χ3n) is 3.64. The van der Waals surface area contributed by atoms with E-state index in [1.165, 1.54) is 4.90 Å². The first-order chi connectivity index (χ1) is 10.1. The molecule has 112 valence electrons.